The minimum atomic E-state index is -0.950. The Hall–Kier alpha value is -3.13. The Morgan fingerprint density at radius 3 is 2.50 bits per heavy atom. The molecule has 0 saturated carbocycles. The molecule has 0 amide bonds. The van der Waals surface area contributed by atoms with Crippen LogP contribution in [0.4, 0.5) is 0 Å². The monoisotopic (exact) mass is 443 g/mol. The average Bonchev–Trinajstić information content (AvgIpc) is 2.76. The summed E-state index contributed by atoms with van der Waals surface area (Å²) in [5, 5.41) is 12.9. The Kier molecular flexibility index (Phi) is 7.35. The Bertz CT molecular complexity index is 961. The molecule has 3 rings (SSSR count). The molecular formula is C24H29NO7. The minimum Gasteiger partial charge on any atom is -0.508 e. The molecule has 8 nitrogen and oxygen atoms in total. The number of benzene rings is 1. The maximum Gasteiger partial charge on any atom is 0.336 e. The van der Waals surface area contributed by atoms with Gasteiger partial charge in [0.15, 0.2) is 5.78 Å². The molecule has 0 aromatic heterocycles. The molecule has 0 unspecified atom stereocenters. The minimum absolute atomic E-state index is 0.0643. The van der Waals surface area contributed by atoms with Crippen molar-refractivity contribution in [1.29, 1.82) is 0 Å². The summed E-state index contributed by atoms with van der Waals surface area (Å²) in [7, 11) is 1.26. The van der Waals surface area contributed by atoms with Crippen molar-refractivity contribution in [2.75, 3.05) is 26.9 Å². The highest BCUT2D eigenvalue weighted by atomic mass is 16.6. The number of aromatic hydroxyl groups is 1. The summed E-state index contributed by atoms with van der Waals surface area (Å²) < 4.78 is 15.5. The molecule has 1 aliphatic carbocycles. The van der Waals surface area contributed by atoms with Gasteiger partial charge in [-0.05, 0) is 43.9 Å². The van der Waals surface area contributed by atoms with E-state index >= 15 is 0 Å². The fraction of sp³-hybridized carbons (Fsp3) is 0.458. The molecule has 0 saturated heterocycles. The zero-order valence-corrected chi connectivity index (χ0v) is 18.8. The van der Waals surface area contributed by atoms with Gasteiger partial charge in [0, 0.05) is 29.5 Å². The van der Waals surface area contributed by atoms with Gasteiger partial charge in [0.2, 0.25) is 0 Å². The Morgan fingerprint density at radius 1 is 1.19 bits per heavy atom. The number of carbonyl (C=O) groups is 3. The molecule has 0 fully saturated rings. The highest BCUT2D eigenvalue weighted by molar-refractivity contribution is 6.12. The van der Waals surface area contributed by atoms with Crippen molar-refractivity contribution < 1.29 is 33.7 Å². The molecule has 0 bridgehead atoms. The van der Waals surface area contributed by atoms with Crippen LogP contribution in [0, 0.1) is 11.8 Å². The van der Waals surface area contributed by atoms with Gasteiger partial charge >= 0.3 is 11.9 Å². The van der Waals surface area contributed by atoms with E-state index in [-0.39, 0.29) is 36.2 Å². The zero-order valence-electron chi connectivity index (χ0n) is 18.8. The van der Waals surface area contributed by atoms with Crippen LogP contribution in [0.3, 0.4) is 0 Å². The van der Waals surface area contributed by atoms with Crippen molar-refractivity contribution >= 4 is 17.7 Å². The number of dihydropyridines is 1. The summed E-state index contributed by atoms with van der Waals surface area (Å²) in [6.45, 7) is 6.29. The van der Waals surface area contributed by atoms with Crippen LogP contribution >= 0.6 is 0 Å². The fourth-order valence-corrected chi connectivity index (χ4v) is 4.37. The van der Waals surface area contributed by atoms with E-state index in [1.807, 2.05) is 13.8 Å². The summed E-state index contributed by atoms with van der Waals surface area (Å²) in [6, 6.07) is 6.32. The third-order valence-electron chi connectivity index (χ3n) is 5.85. The molecule has 1 aliphatic heterocycles. The van der Waals surface area contributed by atoms with Crippen LogP contribution in [0.25, 0.3) is 0 Å². The van der Waals surface area contributed by atoms with E-state index in [1.165, 1.54) is 19.2 Å². The van der Waals surface area contributed by atoms with Crippen LogP contribution < -0.4 is 5.32 Å². The standard InChI is InChI=1S/C24H29NO7/c1-5-31-10-11-32-24(29)19-14(3)25-17-12-13(2)18(23(28)30-4)22(27)21(17)20(19)15-6-8-16(26)9-7-15/h6-9,13,18,20,25-26H,5,10-12H2,1-4H3/t13-,18+,20-/m0/s1. The third-order valence-corrected chi connectivity index (χ3v) is 5.85. The van der Waals surface area contributed by atoms with E-state index in [9.17, 15) is 19.5 Å². The zero-order chi connectivity index (χ0) is 23.4. The van der Waals surface area contributed by atoms with E-state index in [0.717, 1.165) is 0 Å². The van der Waals surface area contributed by atoms with E-state index in [4.69, 9.17) is 14.2 Å². The van der Waals surface area contributed by atoms with E-state index in [0.29, 0.717) is 35.6 Å². The number of allylic oxidation sites excluding steroid dienone is 3. The maximum absolute atomic E-state index is 13.6. The van der Waals surface area contributed by atoms with Crippen molar-refractivity contribution in [1.82, 2.24) is 5.32 Å². The second kappa shape index (κ2) is 9.99. The summed E-state index contributed by atoms with van der Waals surface area (Å²) in [5.74, 6) is -3.41. The first-order chi connectivity index (χ1) is 15.3. The second-order valence-electron chi connectivity index (χ2n) is 7.96. The highest BCUT2D eigenvalue weighted by Crippen LogP contribution is 2.45. The lowest BCUT2D eigenvalue weighted by molar-refractivity contribution is -0.151. The lowest BCUT2D eigenvalue weighted by Crippen LogP contribution is -2.43. The number of methoxy groups -OCH3 is 1. The number of esters is 2. The molecule has 3 atom stereocenters. The molecule has 8 heteroatoms. The maximum atomic E-state index is 13.6. The molecule has 0 spiro atoms. The Labute approximate surface area is 187 Å². The first-order valence-corrected chi connectivity index (χ1v) is 10.7. The van der Waals surface area contributed by atoms with Gasteiger partial charge in [-0.3, -0.25) is 9.59 Å². The molecule has 32 heavy (non-hydrogen) atoms. The van der Waals surface area contributed by atoms with Crippen molar-refractivity contribution in [3.63, 3.8) is 0 Å². The predicted molar refractivity (Wildman–Crippen MR) is 115 cm³/mol. The number of rotatable bonds is 7. The largest absolute Gasteiger partial charge is 0.508 e. The number of phenols is 1. The van der Waals surface area contributed by atoms with E-state index in [2.05, 4.69) is 5.32 Å². The van der Waals surface area contributed by atoms with E-state index < -0.39 is 23.8 Å². The summed E-state index contributed by atoms with van der Waals surface area (Å²) >= 11 is 0. The molecule has 1 heterocycles. The average molecular weight is 443 g/mol. The molecule has 0 radical (unpaired) electrons. The van der Waals surface area contributed by atoms with Gasteiger partial charge in [-0.2, -0.15) is 0 Å². The number of Topliss-reactive ketones (excluding diaryl/α,β-unsaturated/α-hetero) is 1. The lowest BCUT2D eigenvalue weighted by atomic mass is 9.69. The van der Waals surface area contributed by atoms with Crippen LogP contribution in [0.1, 0.15) is 38.7 Å². The molecule has 2 aliphatic rings. The topological polar surface area (TPSA) is 111 Å². The van der Waals surface area contributed by atoms with Gasteiger partial charge in [-0.15, -0.1) is 0 Å². The van der Waals surface area contributed by atoms with Crippen molar-refractivity contribution in [3.05, 3.63) is 52.4 Å². The normalized spacial score (nSPS) is 22.9. The number of hydrogen-bond donors (Lipinski definition) is 2. The SMILES string of the molecule is CCOCCOC(=O)C1=C(C)NC2=C(C(=O)[C@H](C(=O)OC)[C@@H](C)C2)[C@H]1c1ccc(O)cc1. The van der Waals surface area contributed by atoms with Gasteiger partial charge in [-0.1, -0.05) is 19.1 Å². The Morgan fingerprint density at radius 2 is 1.88 bits per heavy atom. The third kappa shape index (κ3) is 4.55. The lowest BCUT2D eigenvalue weighted by Gasteiger charge is -2.38. The van der Waals surface area contributed by atoms with Gasteiger partial charge < -0.3 is 24.6 Å². The highest BCUT2D eigenvalue weighted by Gasteiger charge is 2.47. The number of phenolic OH excluding ortho intramolecular Hbond substituents is 1. The smallest absolute Gasteiger partial charge is 0.336 e. The number of ether oxygens (including phenoxy) is 3. The van der Waals surface area contributed by atoms with Crippen molar-refractivity contribution in [2.24, 2.45) is 11.8 Å². The molecule has 172 valence electrons. The first kappa shape index (κ1) is 23.5. The number of nitrogens with one attached hydrogen (secondary N) is 1. The summed E-state index contributed by atoms with van der Waals surface area (Å²) in [6.07, 6.45) is 0.458. The van der Waals surface area contributed by atoms with Crippen LogP contribution in [0.15, 0.2) is 46.8 Å². The van der Waals surface area contributed by atoms with Gasteiger partial charge in [0.05, 0.1) is 19.3 Å². The summed E-state index contributed by atoms with van der Waals surface area (Å²) in [4.78, 5) is 39.0. The van der Waals surface area contributed by atoms with Crippen molar-refractivity contribution in [3.8, 4) is 5.75 Å². The Balaban J connectivity index is 2.06. The van der Waals surface area contributed by atoms with Crippen molar-refractivity contribution in [2.45, 2.75) is 33.1 Å². The second-order valence-corrected chi connectivity index (χ2v) is 7.96. The molecular weight excluding hydrogens is 414 g/mol. The number of ketones is 1. The van der Waals surface area contributed by atoms with E-state index in [1.54, 1.807) is 19.1 Å². The molecule has 1 aromatic carbocycles. The quantitative estimate of drug-likeness (QED) is 0.376. The summed E-state index contributed by atoms with van der Waals surface area (Å²) in [5.41, 5.74) is 2.55. The van der Waals surface area contributed by atoms with Crippen LogP contribution in [0.2, 0.25) is 0 Å². The number of carbonyl (C=O) groups excluding carboxylic acids is 3. The number of hydrogen-bond acceptors (Lipinski definition) is 8. The van der Waals surface area contributed by atoms with Crippen LogP contribution in [0.5, 0.6) is 5.75 Å². The fourth-order valence-electron chi connectivity index (χ4n) is 4.37. The molecule has 1 aromatic rings. The first-order valence-electron chi connectivity index (χ1n) is 10.7. The van der Waals surface area contributed by atoms with Gasteiger partial charge in [0.1, 0.15) is 18.3 Å². The van der Waals surface area contributed by atoms with Gasteiger partial charge in [0.25, 0.3) is 0 Å². The van der Waals surface area contributed by atoms with Crippen LogP contribution in [-0.2, 0) is 28.6 Å². The van der Waals surface area contributed by atoms with Crippen LogP contribution in [-0.4, -0.2) is 49.8 Å². The predicted octanol–water partition coefficient (Wildman–Crippen LogP) is 2.58. The molecule has 2 N–H and O–H groups in total. The van der Waals surface area contributed by atoms with Gasteiger partial charge in [-0.25, -0.2) is 4.79 Å².